The summed E-state index contributed by atoms with van der Waals surface area (Å²) in [5.41, 5.74) is 23.4. The lowest BCUT2D eigenvalue weighted by atomic mass is 9.79. The van der Waals surface area contributed by atoms with Crippen LogP contribution in [0, 0.1) is 0 Å². The first-order chi connectivity index (χ1) is 33.3. The van der Waals surface area contributed by atoms with E-state index in [0.717, 1.165) is 28.0 Å². The highest BCUT2D eigenvalue weighted by molar-refractivity contribution is 7.13. The second kappa shape index (κ2) is 12.9. The molecule has 0 radical (unpaired) electrons. The van der Waals surface area contributed by atoms with Gasteiger partial charge in [0.05, 0.1) is 0 Å². The molecule has 0 saturated heterocycles. The van der Waals surface area contributed by atoms with Gasteiger partial charge in [-0.25, -0.2) is 0 Å². The van der Waals surface area contributed by atoms with Crippen molar-refractivity contribution in [2.45, 2.75) is 64.7 Å². The number of hydrogen-bond donors (Lipinski definition) is 0. The van der Waals surface area contributed by atoms with Crippen LogP contribution in [-0.2, 0) is 10.8 Å². The maximum absolute atomic E-state index is 7.01. The zero-order chi connectivity index (χ0) is 46.7. The fraction of sp³-hybridized carbons (Fsp3) is 0.156. The van der Waals surface area contributed by atoms with Crippen molar-refractivity contribution in [2.75, 3.05) is 4.90 Å². The van der Waals surface area contributed by atoms with Crippen molar-refractivity contribution in [3.8, 4) is 44.5 Å². The molecule has 69 heavy (non-hydrogen) atoms. The molecule has 9 aromatic carbocycles. The first-order valence-corrected chi connectivity index (χ1v) is 30.7. The van der Waals surface area contributed by atoms with Crippen LogP contribution in [0.4, 0.5) is 17.1 Å². The first-order valence-electron chi connectivity index (χ1n) is 24.7. The molecule has 0 amide bonds. The summed E-state index contributed by atoms with van der Waals surface area (Å²) in [5, 5.41) is 11.2. The average molecular weight is 922 g/mol. The zero-order valence-corrected chi connectivity index (χ0v) is 42.4. The van der Waals surface area contributed by atoms with Crippen LogP contribution >= 0.6 is 0 Å². The van der Waals surface area contributed by atoms with E-state index in [1.807, 2.05) is 0 Å². The SMILES string of the molecule is CC1(C)c2cc(N(c3ccccc3)c3ccc4c(c3)[Si](C)(C)c3c5c(c6oc7ccccc7c6c3-4)-c3ccccc3[Si]5(C)C)ccc2-c2cc3c(cc21)-c1c(ccc2oc4ccccc4c12)C3(C)C. The molecule has 2 aliphatic heterocycles. The fourth-order valence-electron chi connectivity index (χ4n) is 14.1. The molecule has 5 heteroatoms. The largest absolute Gasteiger partial charge is 0.456 e. The lowest BCUT2D eigenvalue weighted by Crippen LogP contribution is -2.63. The predicted octanol–water partition coefficient (Wildman–Crippen LogP) is 15.2. The van der Waals surface area contributed by atoms with Gasteiger partial charge in [0.25, 0.3) is 0 Å². The van der Waals surface area contributed by atoms with Gasteiger partial charge in [0.1, 0.15) is 38.5 Å². The summed E-state index contributed by atoms with van der Waals surface area (Å²) in [7, 11) is -4.44. The first kappa shape index (κ1) is 39.8. The van der Waals surface area contributed by atoms with E-state index >= 15 is 0 Å². The highest BCUT2D eigenvalue weighted by Crippen LogP contribution is 2.59. The molecule has 11 aromatic rings. The summed E-state index contributed by atoms with van der Waals surface area (Å²) in [6.45, 7) is 20.0. The van der Waals surface area contributed by atoms with E-state index in [4.69, 9.17) is 8.83 Å². The second-order valence-corrected chi connectivity index (χ2v) is 31.0. The summed E-state index contributed by atoms with van der Waals surface area (Å²) < 4.78 is 13.5. The molecule has 15 rings (SSSR count). The van der Waals surface area contributed by atoms with E-state index in [-0.39, 0.29) is 10.8 Å². The molecule has 0 fully saturated rings. The molecule has 0 bridgehead atoms. The number of nitrogens with zero attached hydrogens (tertiary/aromatic N) is 1. The Balaban J connectivity index is 0.907. The van der Waals surface area contributed by atoms with E-state index in [0.29, 0.717) is 0 Å². The molecule has 3 nitrogen and oxygen atoms in total. The van der Waals surface area contributed by atoms with Gasteiger partial charge >= 0.3 is 0 Å². The number of para-hydroxylation sites is 3. The summed E-state index contributed by atoms with van der Waals surface area (Å²) in [6, 6.07) is 61.7. The third kappa shape index (κ3) is 4.82. The van der Waals surface area contributed by atoms with Crippen molar-refractivity contribution in [1.29, 1.82) is 0 Å². The monoisotopic (exact) mass is 921 g/mol. The molecule has 0 atom stereocenters. The Morgan fingerprint density at radius 3 is 1.72 bits per heavy atom. The fourth-order valence-corrected chi connectivity index (χ4v) is 22.5. The van der Waals surface area contributed by atoms with Crippen molar-refractivity contribution >= 4 is 97.8 Å². The molecule has 0 unspecified atom stereocenters. The number of fused-ring (bicyclic) bond motifs is 22. The third-order valence-electron chi connectivity index (χ3n) is 17.4. The second-order valence-electron chi connectivity index (χ2n) is 22.4. The van der Waals surface area contributed by atoms with E-state index in [9.17, 15) is 0 Å². The Labute approximate surface area is 404 Å². The minimum absolute atomic E-state index is 0.161. The number of anilines is 3. The van der Waals surface area contributed by atoms with Crippen molar-refractivity contribution in [3.63, 3.8) is 0 Å². The molecule has 4 heterocycles. The van der Waals surface area contributed by atoms with Crippen LogP contribution in [-0.4, -0.2) is 16.1 Å². The van der Waals surface area contributed by atoms with Crippen molar-refractivity contribution in [1.82, 2.24) is 0 Å². The van der Waals surface area contributed by atoms with Gasteiger partial charge in [-0.3, -0.25) is 0 Å². The van der Waals surface area contributed by atoms with Crippen molar-refractivity contribution in [3.05, 3.63) is 186 Å². The summed E-state index contributed by atoms with van der Waals surface area (Å²) in [4.78, 5) is 2.51. The number of hydrogen-bond acceptors (Lipinski definition) is 3. The van der Waals surface area contributed by atoms with Gasteiger partial charge in [-0.2, -0.15) is 0 Å². The Kier molecular flexibility index (Phi) is 7.44. The van der Waals surface area contributed by atoms with E-state index in [1.54, 1.807) is 10.4 Å². The zero-order valence-electron chi connectivity index (χ0n) is 40.4. The van der Waals surface area contributed by atoms with E-state index in [2.05, 4.69) is 223 Å². The van der Waals surface area contributed by atoms with Crippen LogP contribution < -0.4 is 25.6 Å². The van der Waals surface area contributed by atoms with Crippen LogP contribution in [0.25, 0.3) is 88.4 Å². The number of furan rings is 2. The Hall–Kier alpha value is -7.19. The summed E-state index contributed by atoms with van der Waals surface area (Å²) in [5.74, 6) is 0. The van der Waals surface area contributed by atoms with Gasteiger partial charge < -0.3 is 13.7 Å². The maximum Gasteiger partial charge on any atom is 0.143 e. The molecule has 0 N–H and O–H groups in total. The molecule has 2 aliphatic carbocycles. The Bertz CT molecular complexity index is 4150. The Morgan fingerprint density at radius 2 is 0.942 bits per heavy atom. The molecule has 2 aromatic heterocycles. The minimum Gasteiger partial charge on any atom is -0.456 e. The molecule has 0 spiro atoms. The van der Waals surface area contributed by atoms with Gasteiger partial charge in [-0.05, 0) is 149 Å². The van der Waals surface area contributed by atoms with Gasteiger partial charge in [-0.15, -0.1) is 0 Å². The van der Waals surface area contributed by atoms with Crippen LogP contribution in [0.1, 0.15) is 49.9 Å². The normalized spacial score (nSPS) is 16.6. The molecule has 4 aliphatic rings. The van der Waals surface area contributed by atoms with Crippen LogP contribution in [0.2, 0.25) is 26.2 Å². The lowest BCUT2D eigenvalue weighted by Gasteiger charge is -2.30. The number of benzene rings is 9. The standard InChI is InChI=1S/C64H51NO2Si2/c1-63(2)46-30-31-52-56(40-20-12-15-23-50(40)66-52)55(46)45-35-48-44(34-49(45)63)39-28-26-37(32-47(39)64(48,3)4)65(36-18-10-9-11-19-36)38-27-29-43-54(33-38)69(7,8)61-58(43)57-41-21-13-16-24-51(41)67-60(57)59-42-22-14-17-25-53(42)68(5,6)62(59)61/h9-35H,1-8H3. The topological polar surface area (TPSA) is 29.5 Å². The number of rotatable bonds is 3. The molecular weight excluding hydrogens is 871 g/mol. The smallest absolute Gasteiger partial charge is 0.143 e. The van der Waals surface area contributed by atoms with Gasteiger partial charge in [0, 0.05) is 55.0 Å². The summed E-state index contributed by atoms with van der Waals surface area (Å²) in [6.07, 6.45) is 0. The van der Waals surface area contributed by atoms with Crippen LogP contribution in [0.15, 0.2) is 173 Å². The van der Waals surface area contributed by atoms with Crippen LogP contribution in [0.3, 0.4) is 0 Å². The highest BCUT2D eigenvalue weighted by Gasteiger charge is 2.50. The van der Waals surface area contributed by atoms with E-state index < -0.39 is 16.1 Å². The highest BCUT2D eigenvalue weighted by atomic mass is 28.3. The van der Waals surface area contributed by atoms with Crippen molar-refractivity contribution < 1.29 is 8.83 Å². The van der Waals surface area contributed by atoms with Gasteiger partial charge in [0.2, 0.25) is 0 Å². The minimum atomic E-state index is -2.32. The summed E-state index contributed by atoms with van der Waals surface area (Å²) >= 11 is 0. The Morgan fingerprint density at radius 1 is 0.377 bits per heavy atom. The van der Waals surface area contributed by atoms with Gasteiger partial charge in [-0.1, -0.05) is 151 Å². The van der Waals surface area contributed by atoms with Crippen LogP contribution in [0.5, 0.6) is 0 Å². The van der Waals surface area contributed by atoms with E-state index in [1.165, 1.54) is 110 Å². The quantitative estimate of drug-likeness (QED) is 0.165. The van der Waals surface area contributed by atoms with Crippen molar-refractivity contribution in [2.24, 2.45) is 0 Å². The van der Waals surface area contributed by atoms with Gasteiger partial charge in [0.15, 0.2) is 0 Å². The maximum atomic E-state index is 7.01. The lowest BCUT2D eigenvalue weighted by molar-refractivity contribution is 0.651. The molecule has 0 saturated carbocycles. The molecular formula is C64H51NO2Si2. The third-order valence-corrected chi connectivity index (χ3v) is 24.7. The predicted molar refractivity (Wildman–Crippen MR) is 295 cm³/mol. The average Bonchev–Trinajstić information content (AvgIpc) is 4.14. The molecule has 332 valence electrons.